The minimum absolute atomic E-state index is 0.0134. The van der Waals surface area contributed by atoms with E-state index in [4.69, 9.17) is 5.73 Å². The van der Waals surface area contributed by atoms with Gasteiger partial charge in [-0.1, -0.05) is 42.5 Å². The third kappa shape index (κ3) is 3.48. The molecular formula is C14H12F3NO. The second kappa shape index (κ2) is 5.32. The lowest BCUT2D eigenvalue weighted by Crippen LogP contribution is -2.18. The standard InChI is InChI=1S/C14H12F3NO/c15-14(16,17)19-13-8-11(6-7-12(13)9-18)10-4-2-1-3-5-10/h1-8H,9,18H2. The fourth-order valence-corrected chi connectivity index (χ4v) is 1.75. The van der Waals surface area contributed by atoms with Crippen LogP contribution in [0.4, 0.5) is 13.2 Å². The Bertz CT molecular complexity index is 552. The van der Waals surface area contributed by atoms with Gasteiger partial charge in [-0.15, -0.1) is 13.2 Å². The molecule has 19 heavy (non-hydrogen) atoms. The smallest absolute Gasteiger partial charge is 0.405 e. The van der Waals surface area contributed by atoms with E-state index >= 15 is 0 Å². The lowest BCUT2D eigenvalue weighted by atomic mass is 10.0. The second-order valence-corrected chi connectivity index (χ2v) is 3.94. The van der Waals surface area contributed by atoms with Gasteiger partial charge in [0, 0.05) is 12.1 Å². The van der Waals surface area contributed by atoms with Crippen LogP contribution in [0.1, 0.15) is 5.56 Å². The molecule has 0 radical (unpaired) electrons. The third-order valence-electron chi connectivity index (χ3n) is 2.62. The predicted molar refractivity (Wildman–Crippen MR) is 66.5 cm³/mol. The minimum atomic E-state index is -4.72. The lowest BCUT2D eigenvalue weighted by Gasteiger charge is -2.14. The molecule has 0 aliphatic heterocycles. The normalized spacial score (nSPS) is 11.4. The van der Waals surface area contributed by atoms with Crippen LogP contribution in [0.5, 0.6) is 5.75 Å². The highest BCUT2D eigenvalue weighted by atomic mass is 19.4. The van der Waals surface area contributed by atoms with Gasteiger partial charge in [-0.05, 0) is 17.2 Å². The maximum atomic E-state index is 12.3. The van der Waals surface area contributed by atoms with Crippen molar-refractivity contribution in [1.82, 2.24) is 0 Å². The van der Waals surface area contributed by atoms with E-state index in [1.807, 2.05) is 30.3 Å². The summed E-state index contributed by atoms with van der Waals surface area (Å²) >= 11 is 0. The molecule has 0 aliphatic carbocycles. The summed E-state index contributed by atoms with van der Waals surface area (Å²) in [4.78, 5) is 0. The molecule has 2 N–H and O–H groups in total. The zero-order chi connectivity index (χ0) is 13.9. The van der Waals surface area contributed by atoms with Crippen LogP contribution in [0.2, 0.25) is 0 Å². The zero-order valence-corrected chi connectivity index (χ0v) is 9.95. The van der Waals surface area contributed by atoms with Crippen molar-refractivity contribution in [2.24, 2.45) is 5.73 Å². The topological polar surface area (TPSA) is 35.2 Å². The Morgan fingerprint density at radius 2 is 1.63 bits per heavy atom. The summed E-state index contributed by atoms with van der Waals surface area (Å²) in [6.45, 7) is -0.0134. The highest BCUT2D eigenvalue weighted by molar-refractivity contribution is 5.66. The molecule has 0 fully saturated rings. The molecular weight excluding hydrogens is 255 g/mol. The van der Waals surface area contributed by atoms with Gasteiger partial charge in [-0.25, -0.2) is 0 Å². The average Bonchev–Trinajstić information content (AvgIpc) is 2.38. The summed E-state index contributed by atoms with van der Waals surface area (Å²) in [5.74, 6) is -0.253. The van der Waals surface area contributed by atoms with E-state index in [0.717, 1.165) is 5.56 Å². The van der Waals surface area contributed by atoms with E-state index in [-0.39, 0.29) is 12.3 Å². The first-order chi connectivity index (χ1) is 8.99. The molecule has 2 nitrogen and oxygen atoms in total. The quantitative estimate of drug-likeness (QED) is 0.920. The number of benzene rings is 2. The molecule has 5 heteroatoms. The fourth-order valence-electron chi connectivity index (χ4n) is 1.75. The van der Waals surface area contributed by atoms with Crippen LogP contribution in [-0.2, 0) is 6.54 Å². The van der Waals surface area contributed by atoms with Crippen LogP contribution in [0.15, 0.2) is 48.5 Å². The molecule has 0 unspecified atom stereocenters. The van der Waals surface area contributed by atoms with Crippen LogP contribution < -0.4 is 10.5 Å². The van der Waals surface area contributed by atoms with Gasteiger partial charge in [0.2, 0.25) is 0 Å². The molecule has 0 aliphatic rings. The van der Waals surface area contributed by atoms with Crippen LogP contribution >= 0.6 is 0 Å². The van der Waals surface area contributed by atoms with Gasteiger partial charge in [0.05, 0.1) is 0 Å². The summed E-state index contributed by atoms with van der Waals surface area (Å²) in [6.07, 6.45) is -4.72. The van der Waals surface area contributed by atoms with Crippen molar-refractivity contribution in [1.29, 1.82) is 0 Å². The number of alkyl halides is 3. The number of ether oxygens (including phenoxy) is 1. The van der Waals surface area contributed by atoms with Crippen molar-refractivity contribution in [3.05, 3.63) is 54.1 Å². The second-order valence-electron chi connectivity index (χ2n) is 3.94. The Morgan fingerprint density at radius 3 is 2.21 bits per heavy atom. The van der Waals surface area contributed by atoms with Gasteiger partial charge >= 0.3 is 6.36 Å². The number of nitrogens with two attached hydrogens (primary N) is 1. The van der Waals surface area contributed by atoms with Gasteiger partial charge in [0.1, 0.15) is 5.75 Å². The van der Waals surface area contributed by atoms with Gasteiger partial charge < -0.3 is 10.5 Å². The maximum absolute atomic E-state index is 12.3. The van der Waals surface area contributed by atoms with E-state index in [1.54, 1.807) is 12.1 Å². The van der Waals surface area contributed by atoms with E-state index in [0.29, 0.717) is 11.1 Å². The predicted octanol–water partition coefficient (Wildman–Crippen LogP) is 3.71. The minimum Gasteiger partial charge on any atom is -0.405 e. The van der Waals surface area contributed by atoms with E-state index < -0.39 is 6.36 Å². The Balaban J connectivity index is 2.41. The van der Waals surface area contributed by atoms with Crippen molar-refractivity contribution in [3.8, 4) is 16.9 Å². The summed E-state index contributed by atoms with van der Waals surface area (Å²) in [5, 5.41) is 0. The number of rotatable bonds is 3. The fraction of sp³-hybridized carbons (Fsp3) is 0.143. The SMILES string of the molecule is NCc1ccc(-c2ccccc2)cc1OC(F)(F)F. The van der Waals surface area contributed by atoms with Crippen molar-refractivity contribution in [2.45, 2.75) is 12.9 Å². The van der Waals surface area contributed by atoms with Crippen molar-refractivity contribution in [3.63, 3.8) is 0 Å². The Morgan fingerprint density at radius 1 is 0.947 bits per heavy atom. The van der Waals surface area contributed by atoms with E-state index in [2.05, 4.69) is 4.74 Å². The molecule has 0 amide bonds. The van der Waals surface area contributed by atoms with Crippen molar-refractivity contribution in [2.75, 3.05) is 0 Å². The zero-order valence-electron chi connectivity index (χ0n) is 9.95. The molecule has 0 atom stereocenters. The van der Waals surface area contributed by atoms with Crippen LogP contribution in [-0.4, -0.2) is 6.36 Å². The Labute approximate surface area is 108 Å². The summed E-state index contributed by atoms with van der Waals surface area (Å²) in [7, 11) is 0. The molecule has 2 aromatic rings. The number of hydrogen-bond donors (Lipinski definition) is 1. The molecule has 0 bridgehead atoms. The Kier molecular flexibility index (Phi) is 3.76. The van der Waals surface area contributed by atoms with Gasteiger partial charge in [-0.3, -0.25) is 0 Å². The van der Waals surface area contributed by atoms with Crippen molar-refractivity contribution < 1.29 is 17.9 Å². The third-order valence-corrected chi connectivity index (χ3v) is 2.62. The maximum Gasteiger partial charge on any atom is 0.573 e. The molecule has 0 spiro atoms. The molecule has 0 aromatic heterocycles. The number of hydrogen-bond acceptors (Lipinski definition) is 2. The highest BCUT2D eigenvalue weighted by Gasteiger charge is 2.32. The van der Waals surface area contributed by atoms with Crippen LogP contribution in [0.3, 0.4) is 0 Å². The monoisotopic (exact) mass is 267 g/mol. The summed E-state index contributed by atoms with van der Waals surface area (Å²) in [5.41, 5.74) is 7.20. The van der Waals surface area contributed by atoms with E-state index in [9.17, 15) is 13.2 Å². The van der Waals surface area contributed by atoms with Crippen LogP contribution in [0.25, 0.3) is 11.1 Å². The molecule has 100 valence electrons. The molecule has 0 saturated carbocycles. The van der Waals surface area contributed by atoms with Gasteiger partial charge in [0.15, 0.2) is 0 Å². The van der Waals surface area contributed by atoms with Gasteiger partial charge in [0.25, 0.3) is 0 Å². The highest BCUT2D eigenvalue weighted by Crippen LogP contribution is 2.31. The van der Waals surface area contributed by atoms with Gasteiger partial charge in [-0.2, -0.15) is 0 Å². The lowest BCUT2D eigenvalue weighted by molar-refractivity contribution is -0.274. The molecule has 0 heterocycles. The first kappa shape index (κ1) is 13.4. The largest absolute Gasteiger partial charge is 0.573 e. The molecule has 0 saturated heterocycles. The number of halogens is 3. The first-order valence-corrected chi connectivity index (χ1v) is 5.64. The average molecular weight is 267 g/mol. The first-order valence-electron chi connectivity index (χ1n) is 5.64. The summed E-state index contributed by atoms with van der Waals surface area (Å²) < 4.78 is 41.0. The molecule has 2 rings (SSSR count). The Hall–Kier alpha value is -2.01. The van der Waals surface area contributed by atoms with Crippen LogP contribution in [0, 0.1) is 0 Å². The van der Waals surface area contributed by atoms with Crippen molar-refractivity contribution >= 4 is 0 Å². The molecule has 2 aromatic carbocycles. The van der Waals surface area contributed by atoms with E-state index in [1.165, 1.54) is 6.07 Å². The summed E-state index contributed by atoms with van der Waals surface area (Å²) in [6, 6.07) is 13.7.